The van der Waals surface area contributed by atoms with Gasteiger partial charge in [0.2, 0.25) is 5.89 Å². The Labute approximate surface area is 104 Å². The second-order valence-electron chi connectivity index (χ2n) is 3.53. The lowest BCUT2D eigenvalue weighted by Crippen LogP contribution is -1.99. The maximum absolute atomic E-state index is 10.8. The number of aryl methyl sites for hydroxylation is 1. The lowest BCUT2D eigenvalue weighted by molar-refractivity contribution is 0.0691. The van der Waals surface area contributed by atoms with Crippen molar-refractivity contribution >= 4 is 28.7 Å². The van der Waals surface area contributed by atoms with Crippen molar-refractivity contribution in [2.24, 2.45) is 0 Å². The third kappa shape index (κ3) is 1.63. The number of pyridine rings is 1. The molecule has 90 valence electrons. The summed E-state index contributed by atoms with van der Waals surface area (Å²) in [4.78, 5) is 19.6. The molecule has 0 radical (unpaired) electrons. The van der Waals surface area contributed by atoms with Gasteiger partial charge in [-0.15, -0.1) is 5.10 Å². The van der Waals surface area contributed by atoms with Crippen LogP contribution in [0.5, 0.6) is 0 Å². The van der Waals surface area contributed by atoms with Crippen LogP contribution >= 0.6 is 11.5 Å². The number of fused-ring (bicyclic) bond motifs is 1. The molecule has 0 aromatic carbocycles. The average Bonchev–Trinajstić information content (AvgIpc) is 2.92. The summed E-state index contributed by atoms with van der Waals surface area (Å²) in [6.07, 6.45) is 0. The Kier molecular flexibility index (Phi) is 2.30. The smallest absolute Gasteiger partial charge is 0.354 e. The van der Waals surface area contributed by atoms with E-state index < -0.39 is 5.97 Å². The quantitative estimate of drug-likeness (QED) is 0.750. The van der Waals surface area contributed by atoms with Gasteiger partial charge in [0.15, 0.2) is 16.9 Å². The first-order chi connectivity index (χ1) is 8.65. The molecule has 1 N–H and O–H groups in total. The fraction of sp³-hybridized carbons (Fsp3) is 0.100. The van der Waals surface area contributed by atoms with E-state index in [9.17, 15) is 4.79 Å². The molecule has 0 aliphatic carbocycles. The van der Waals surface area contributed by atoms with Crippen LogP contribution in [0, 0.1) is 6.92 Å². The van der Waals surface area contributed by atoms with Gasteiger partial charge in [0.25, 0.3) is 0 Å². The van der Waals surface area contributed by atoms with E-state index in [4.69, 9.17) is 9.52 Å². The lowest BCUT2D eigenvalue weighted by atomic mass is 10.3. The minimum absolute atomic E-state index is 0.0681. The van der Waals surface area contributed by atoms with Crippen molar-refractivity contribution in [2.75, 3.05) is 0 Å². The van der Waals surface area contributed by atoms with Gasteiger partial charge < -0.3 is 9.52 Å². The third-order valence-corrected chi connectivity index (χ3v) is 3.13. The van der Waals surface area contributed by atoms with E-state index in [1.54, 1.807) is 6.92 Å². The summed E-state index contributed by atoms with van der Waals surface area (Å²) in [5.41, 5.74) is 1.34. The van der Waals surface area contributed by atoms with Gasteiger partial charge in [-0.2, -0.15) is 4.98 Å². The highest BCUT2D eigenvalue weighted by atomic mass is 32.1. The predicted octanol–water partition coefficient (Wildman–Crippen LogP) is 1.75. The number of carboxylic acid groups (broad SMARTS) is 1. The largest absolute Gasteiger partial charge is 0.477 e. The number of nitrogens with zero attached hydrogens (tertiary/aromatic N) is 4. The Morgan fingerprint density at radius 1 is 1.39 bits per heavy atom. The second kappa shape index (κ2) is 3.84. The Bertz CT molecular complexity index is 749. The van der Waals surface area contributed by atoms with E-state index in [1.807, 2.05) is 0 Å². The average molecular weight is 262 g/mol. The van der Waals surface area contributed by atoms with E-state index in [-0.39, 0.29) is 11.3 Å². The van der Waals surface area contributed by atoms with Crippen LogP contribution in [0.4, 0.5) is 0 Å². The number of carboxylic acids is 1. The predicted molar refractivity (Wildman–Crippen MR) is 62.4 cm³/mol. The number of hydrogen-bond acceptors (Lipinski definition) is 7. The molecule has 0 bridgehead atoms. The standard InChI is InChI=1S/C10H6N4O3S/c1-4-7(18-14-13-4)9-12-8-6(17-9)3-2-5(11-8)10(15)16/h2-3H,1H3,(H,15,16). The Morgan fingerprint density at radius 2 is 2.22 bits per heavy atom. The normalized spacial score (nSPS) is 10.9. The van der Waals surface area contributed by atoms with Crippen molar-refractivity contribution < 1.29 is 14.3 Å². The molecule has 0 fully saturated rings. The third-order valence-electron chi connectivity index (χ3n) is 2.32. The number of hydrogen-bond donors (Lipinski definition) is 1. The zero-order valence-electron chi connectivity index (χ0n) is 9.12. The highest BCUT2D eigenvalue weighted by molar-refractivity contribution is 7.09. The summed E-state index contributed by atoms with van der Waals surface area (Å²) in [6, 6.07) is 2.91. The van der Waals surface area contributed by atoms with Crippen molar-refractivity contribution in [3.05, 3.63) is 23.5 Å². The van der Waals surface area contributed by atoms with Gasteiger partial charge in [-0.3, -0.25) is 0 Å². The van der Waals surface area contributed by atoms with Gasteiger partial charge in [0, 0.05) is 0 Å². The van der Waals surface area contributed by atoms with E-state index in [0.29, 0.717) is 22.0 Å². The summed E-state index contributed by atoms with van der Waals surface area (Å²) in [7, 11) is 0. The van der Waals surface area contributed by atoms with Crippen molar-refractivity contribution in [2.45, 2.75) is 6.92 Å². The molecule has 0 amide bonds. The van der Waals surface area contributed by atoms with Crippen molar-refractivity contribution in [3.8, 4) is 10.8 Å². The van der Waals surface area contributed by atoms with Gasteiger partial charge >= 0.3 is 5.97 Å². The molecule has 3 heterocycles. The Morgan fingerprint density at radius 3 is 2.89 bits per heavy atom. The minimum Gasteiger partial charge on any atom is -0.477 e. The molecule has 3 aromatic heterocycles. The van der Waals surface area contributed by atoms with Crippen LogP contribution in [0.15, 0.2) is 16.5 Å². The first kappa shape index (κ1) is 10.8. The Hall–Kier alpha value is -2.35. The summed E-state index contributed by atoms with van der Waals surface area (Å²) in [5, 5.41) is 12.7. The molecule has 3 aromatic rings. The van der Waals surface area contributed by atoms with Gasteiger partial charge in [0.1, 0.15) is 4.88 Å². The zero-order chi connectivity index (χ0) is 12.7. The van der Waals surface area contributed by atoms with Gasteiger partial charge in [-0.25, -0.2) is 9.78 Å². The molecule has 8 heteroatoms. The monoisotopic (exact) mass is 262 g/mol. The van der Waals surface area contributed by atoms with Gasteiger partial charge in [-0.05, 0) is 30.6 Å². The van der Waals surface area contributed by atoms with Crippen LogP contribution in [0.1, 0.15) is 16.2 Å². The van der Waals surface area contributed by atoms with Crippen LogP contribution in [0.3, 0.4) is 0 Å². The topological polar surface area (TPSA) is 102 Å². The van der Waals surface area contributed by atoms with E-state index in [0.717, 1.165) is 0 Å². The fourth-order valence-electron chi connectivity index (χ4n) is 1.46. The molecular formula is C10H6N4O3S. The number of aromatic carboxylic acids is 1. The summed E-state index contributed by atoms with van der Waals surface area (Å²) < 4.78 is 9.28. The Balaban J connectivity index is 2.17. The molecule has 3 rings (SSSR count). The molecule has 0 saturated heterocycles. The van der Waals surface area contributed by atoms with E-state index >= 15 is 0 Å². The first-order valence-corrected chi connectivity index (χ1v) is 5.72. The molecule has 0 unspecified atom stereocenters. The van der Waals surface area contributed by atoms with Crippen LogP contribution in [0.25, 0.3) is 22.0 Å². The molecule has 0 aliphatic heterocycles. The van der Waals surface area contributed by atoms with Gasteiger partial charge in [-0.1, -0.05) is 4.49 Å². The van der Waals surface area contributed by atoms with Crippen molar-refractivity contribution in [1.82, 2.24) is 19.6 Å². The summed E-state index contributed by atoms with van der Waals surface area (Å²) in [5.74, 6) is -0.746. The number of aromatic nitrogens is 4. The number of carbonyl (C=O) groups is 1. The molecule has 0 aliphatic rings. The van der Waals surface area contributed by atoms with Crippen LogP contribution in [-0.4, -0.2) is 30.6 Å². The highest BCUT2D eigenvalue weighted by Gasteiger charge is 2.16. The molecule has 7 nitrogen and oxygen atoms in total. The molecule has 0 saturated carbocycles. The number of rotatable bonds is 2. The molecular weight excluding hydrogens is 256 g/mol. The molecule has 0 atom stereocenters. The van der Waals surface area contributed by atoms with Crippen molar-refractivity contribution in [3.63, 3.8) is 0 Å². The second-order valence-corrected chi connectivity index (χ2v) is 4.28. The minimum atomic E-state index is -1.10. The maximum atomic E-state index is 10.8. The molecule has 18 heavy (non-hydrogen) atoms. The first-order valence-electron chi connectivity index (χ1n) is 4.95. The highest BCUT2D eigenvalue weighted by Crippen LogP contribution is 2.27. The summed E-state index contributed by atoms with van der Waals surface area (Å²) in [6.45, 7) is 1.80. The number of oxazole rings is 1. The van der Waals surface area contributed by atoms with Crippen LogP contribution < -0.4 is 0 Å². The lowest BCUT2D eigenvalue weighted by Gasteiger charge is -1.90. The van der Waals surface area contributed by atoms with E-state index in [1.165, 1.54) is 23.7 Å². The van der Waals surface area contributed by atoms with Crippen molar-refractivity contribution in [1.29, 1.82) is 0 Å². The van der Waals surface area contributed by atoms with Crippen LogP contribution in [-0.2, 0) is 0 Å². The zero-order valence-corrected chi connectivity index (χ0v) is 9.93. The van der Waals surface area contributed by atoms with E-state index in [2.05, 4.69) is 19.6 Å². The maximum Gasteiger partial charge on any atom is 0.354 e. The van der Waals surface area contributed by atoms with Crippen LogP contribution in [0.2, 0.25) is 0 Å². The summed E-state index contributed by atoms with van der Waals surface area (Å²) >= 11 is 1.17. The van der Waals surface area contributed by atoms with Gasteiger partial charge in [0.05, 0.1) is 5.69 Å². The SMILES string of the molecule is Cc1nnsc1-c1nc2nc(C(=O)O)ccc2o1. The molecule has 0 spiro atoms. The fourth-order valence-corrected chi connectivity index (χ4v) is 2.05.